The maximum Gasteiger partial charge on any atom is 0.415 e. The fourth-order valence-electron chi connectivity index (χ4n) is 5.33. The van der Waals surface area contributed by atoms with Gasteiger partial charge in [0.05, 0.1) is 6.54 Å². The molecule has 37 heavy (non-hydrogen) atoms. The van der Waals surface area contributed by atoms with Crippen molar-refractivity contribution in [1.29, 1.82) is 0 Å². The number of benzene rings is 3. The fourth-order valence-corrected chi connectivity index (χ4v) is 5.33. The number of nitrogens with zero attached hydrogens (tertiary/aromatic N) is 2. The number of ether oxygens (including phenoxy) is 1. The predicted octanol–water partition coefficient (Wildman–Crippen LogP) is 5.66. The lowest BCUT2D eigenvalue weighted by molar-refractivity contribution is -0.191. The lowest BCUT2D eigenvalue weighted by atomic mass is 9.90. The van der Waals surface area contributed by atoms with Crippen LogP contribution in [0.25, 0.3) is 11.1 Å². The molecule has 0 N–H and O–H groups in total. The minimum atomic E-state index is -0.573. The number of piperidine rings is 1. The molecule has 2 fully saturated rings. The van der Waals surface area contributed by atoms with E-state index in [0.717, 1.165) is 66.5 Å². The van der Waals surface area contributed by atoms with E-state index in [0.29, 0.717) is 12.1 Å². The Labute approximate surface area is 214 Å². The molecule has 0 radical (unpaired) electrons. The zero-order valence-electron chi connectivity index (χ0n) is 20.8. The van der Waals surface area contributed by atoms with Gasteiger partial charge in [0.1, 0.15) is 17.2 Å². The van der Waals surface area contributed by atoms with Crippen molar-refractivity contribution in [3.63, 3.8) is 0 Å². The summed E-state index contributed by atoms with van der Waals surface area (Å²) in [5.41, 5.74) is 4.78. The quantitative estimate of drug-likeness (QED) is 0.457. The largest absolute Gasteiger partial charge is 0.441 e. The molecule has 2 aliphatic heterocycles. The van der Waals surface area contributed by atoms with Gasteiger partial charge in [-0.1, -0.05) is 30.3 Å². The highest BCUT2D eigenvalue weighted by atomic mass is 19.1. The summed E-state index contributed by atoms with van der Waals surface area (Å²) >= 11 is 0. The maximum absolute atomic E-state index is 14.4. The lowest BCUT2D eigenvalue weighted by Gasteiger charge is -2.37. The normalized spacial score (nSPS) is 16.6. The lowest BCUT2D eigenvalue weighted by Crippen LogP contribution is -2.46. The SMILES string of the molecule is Cc1cc(CN2CCC3(CC2)CN(c2ccccc2)C(=O)O3)cc(C)c1-c1ccc(F)cc1F.O=C=O. The molecular formula is C29H28F2N2O4. The second-order valence-corrected chi connectivity index (χ2v) is 9.56. The molecule has 0 aliphatic carbocycles. The van der Waals surface area contributed by atoms with Crippen LogP contribution in [0.2, 0.25) is 0 Å². The highest BCUT2D eigenvalue weighted by molar-refractivity contribution is 5.90. The summed E-state index contributed by atoms with van der Waals surface area (Å²) < 4.78 is 33.6. The highest BCUT2D eigenvalue weighted by Crippen LogP contribution is 2.36. The zero-order valence-corrected chi connectivity index (χ0v) is 20.8. The van der Waals surface area contributed by atoms with E-state index in [1.54, 1.807) is 4.90 Å². The van der Waals surface area contributed by atoms with Gasteiger partial charge in [-0.25, -0.2) is 13.6 Å². The van der Waals surface area contributed by atoms with Crippen molar-refractivity contribution < 1.29 is 27.9 Å². The first-order valence-electron chi connectivity index (χ1n) is 12.1. The predicted molar refractivity (Wildman–Crippen MR) is 134 cm³/mol. The third-order valence-electron chi connectivity index (χ3n) is 7.00. The van der Waals surface area contributed by atoms with Crippen LogP contribution in [-0.2, 0) is 20.9 Å². The molecular weight excluding hydrogens is 478 g/mol. The summed E-state index contributed by atoms with van der Waals surface area (Å²) in [6.45, 7) is 6.97. The number of halogens is 2. The van der Waals surface area contributed by atoms with E-state index < -0.39 is 17.2 Å². The average Bonchev–Trinajstić information content (AvgIpc) is 3.18. The van der Waals surface area contributed by atoms with Crippen LogP contribution < -0.4 is 4.90 Å². The van der Waals surface area contributed by atoms with Gasteiger partial charge < -0.3 is 4.74 Å². The van der Waals surface area contributed by atoms with Crippen molar-refractivity contribution >= 4 is 17.9 Å². The molecule has 3 aromatic rings. The van der Waals surface area contributed by atoms with Gasteiger partial charge in [-0.05, 0) is 60.4 Å². The molecule has 2 saturated heterocycles. The zero-order chi connectivity index (χ0) is 26.6. The van der Waals surface area contributed by atoms with Crippen molar-refractivity contribution in [2.75, 3.05) is 24.5 Å². The number of aryl methyl sites for hydroxylation is 2. The van der Waals surface area contributed by atoms with Crippen LogP contribution in [0, 0.1) is 25.5 Å². The molecule has 6 nitrogen and oxygen atoms in total. The van der Waals surface area contributed by atoms with Crippen LogP contribution in [0.3, 0.4) is 0 Å². The molecule has 0 aromatic heterocycles. The van der Waals surface area contributed by atoms with Crippen LogP contribution in [0.15, 0.2) is 60.7 Å². The van der Waals surface area contributed by atoms with E-state index in [9.17, 15) is 13.6 Å². The average molecular weight is 507 g/mol. The first-order chi connectivity index (χ1) is 17.7. The Hall–Kier alpha value is -3.87. The molecule has 1 amide bonds. The van der Waals surface area contributed by atoms with E-state index in [-0.39, 0.29) is 12.2 Å². The minimum absolute atomic E-state index is 0.250. The second-order valence-electron chi connectivity index (χ2n) is 9.56. The van der Waals surface area contributed by atoms with Crippen molar-refractivity contribution in [2.45, 2.75) is 38.8 Å². The number of hydrogen-bond acceptors (Lipinski definition) is 5. The van der Waals surface area contributed by atoms with Gasteiger partial charge in [-0.2, -0.15) is 9.59 Å². The number of rotatable bonds is 4. The van der Waals surface area contributed by atoms with E-state index in [4.69, 9.17) is 14.3 Å². The first-order valence-corrected chi connectivity index (χ1v) is 12.1. The summed E-state index contributed by atoms with van der Waals surface area (Å²) in [4.78, 5) is 32.9. The minimum Gasteiger partial charge on any atom is -0.441 e. The summed E-state index contributed by atoms with van der Waals surface area (Å²) in [7, 11) is 0. The molecule has 2 heterocycles. The first kappa shape index (κ1) is 26.2. The monoisotopic (exact) mass is 506 g/mol. The second kappa shape index (κ2) is 11.0. The van der Waals surface area contributed by atoms with Crippen molar-refractivity contribution in [1.82, 2.24) is 4.90 Å². The van der Waals surface area contributed by atoms with E-state index in [1.165, 1.54) is 12.1 Å². The van der Waals surface area contributed by atoms with Crippen molar-refractivity contribution in [3.8, 4) is 11.1 Å². The van der Waals surface area contributed by atoms with Crippen LogP contribution in [0.4, 0.5) is 19.3 Å². The molecule has 0 unspecified atom stereocenters. The highest BCUT2D eigenvalue weighted by Gasteiger charge is 2.47. The van der Waals surface area contributed by atoms with Crippen LogP contribution in [0.5, 0.6) is 0 Å². The van der Waals surface area contributed by atoms with Crippen molar-refractivity contribution in [2.24, 2.45) is 0 Å². The number of hydrogen-bond donors (Lipinski definition) is 0. The summed E-state index contributed by atoms with van der Waals surface area (Å²) in [5, 5.41) is 0. The molecule has 192 valence electrons. The van der Waals surface area contributed by atoms with Crippen LogP contribution >= 0.6 is 0 Å². The Morgan fingerprint density at radius 2 is 1.57 bits per heavy atom. The molecule has 2 aliphatic rings. The molecule has 8 heteroatoms. The molecule has 3 aromatic carbocycles. The third kappa shape index (κ3) is 5.77. The molecule has 0 saturated carbocycles. The Balaban J connectivity index is 0.00000102. The van der Waals surface area contributed by atoms with Crippen LogP contribution in [0.1, 0.15) is 29.5 Å². The maximum atomic E-state index is 14.4. The van der Waals surface area contributed by atoms with Gasteiger partial charge >= 0.3 is 12.2 Å². The van der Waals surface area contributed by atoms with Gasteiger partial charge in [0.25, 0.3) is 0 Å². The summed E-state index contributed by atoms with van der Waals surface area (Å²) in [5.74, 6) is -1.12. The fraction of sp³-hybridized carbons (Fsp3) is 0.310. The van der Waals surface area contributed by atoms with E-state index >= 15 is 0 Å². The Morgan fingerprint density at radius 1 is 0.946 bits per heavy atom. The number of amides is 1. The molecule has 5 rings (SSSR count). The van der Waals surface area contributed by atoms with Gasteiger partial charge in [-0.15, -0.1) is 0 Å². The van der Waals surface area contributed by atoms with Gasteiger partial charge in [0, 0.05) is 49.8 Å². The summed E-state index contributed by atoms with van der Waals surface area (Å²) in [6.07, 6.45) is 1.56. The molecule has 1 spiro atoms. The standard InChI is InChI=1S/C28H28F2N2O2.CO2/c1-19-14-21(15-20(2)26(19)24-9-8-22(29)16-25(24)30)17-31-12-10-28(11-13-31)18-32(27(33)34-28)23-6-4-3-5-7-23;2-1-3/h3-9,14-16H,10-13,17-18H2,1-2H3;. The number of carbonyl (C=O) groups excluding carboxylic acids is 3. The van der Waals surface area contributed by atoms with Crippen molar-refractivity contribution in [3.05, 3.63) is 89.0 Å². The Kier molecular flexibility index (Phi) is 7.81. The van der Waals surface area contributed by atoms with Gasteiger partial charge in [-0.3, -0.25) is 9.80 Å². The third-order valence-corrected chi connectivity index (χ3v) is 7.00. The van der Waals surface area contributed by atoms with Gasteiger partial charge in [0.2, 0.25) is 0 Å². The smallest absolute Gasteiger partial charge is 0.415 e. The molecule has 0 atom stereocenters. The number of para-hydroxylation sites is 1. The summed E-state index contributed by atoms with van der Waals surface area (Å²) in [6, 6.07) is 17.6. The Bertz CT molecular complexity index is 1290. The van der Waals surface area contributed by atoms with Gasteiger partial charge in [0.15, 0.2) is 0 Å². The molecule has 0 bridgehead atoms. The van der Waals surface area contributed by atoms with Crippen LogP contribution in [-0.4, -0.2) is 42.4 Å². The number of anilines is 1. The van der Waals surface area contributed by atoms with E-state index in [1.807, 2.05) is 44.2 Å². The number of likely N-dealkylation sites (tertiary alicyclic amines) is 1. The number of carbonyl (C=O) groups is 1. The Morgan fingerprint density at radius 3 is 2.16 bits per heavy atom. The van der Waals surface area contributed by atoms with E-state index in [2.05, 4.69) is 17.0 Å². The topological polar surface area (TPSA) is 66.9 Å².